The van der Waals surface area contributed by atoms with E-state index in [0.29, 0.717) is 30.9 Å². The molecule has 0 radical (unpaired) electrons. The third-order valence-electron chi connectivity index (χ3n) is 2.54. The minimum atomic E-state index is -0.139. The number of carbonyl (C=O) groups excluding carboxylic acids is 1. The van der Waals surface area contributed by atoms with Crippen LogP contribution in [-0.4, -0.2) is 37.6 Å². The van der Waals surface area contributed by atoms with Gasteiger partial charge in [-0.05, 0) is 19.1 Å². The van der Waals surface area contributed by atoms with Gasteiger partial charge in [0.2, 0.25) is 0 Å². The monoisotopic (exact) mass is 290 g/mol. The molecular weight excluding hydrogens is 275 g/mol. The number of ether oxygens (including phenoxy) is 1. The first-order valence-corrected chi connectivity index (χ1v) is 6.29. The van der Waals surface area contributed by atoms with E-state index in [0.717, 1.165) is 0 Å². The van der Waals surface area contributed by atoms with Crippen molar-refractivity contribution in [1.82, 2.24) is 4.90 Å². The molecule has 18 heavy (non-hydrogen) atoms. The van der Waals surface area contributed by atoms with Gasteiger partial charge in [-0.1, -0.05) is 23.2 Å². The molecule has 0 unspecified atom stereocenters. The van der Waals surface area contributed by atoms with Gasteiger partial charge in [0, 0.05) is 25.8 Å². The summed E-state index contributed by atoms with van der Waals surface area (Å²) in [5.74, 6) is -0.139. The molecular formula is C12H16Cl2N2O2. The van der Waals surface area contributed by atoms with E-state index in [2.05, 4.69) is 0 Å². The second-order valence-corrected chi connectivity index (χ2v) is 4.52. The molecule has 2 N–H and O–H groups in total. The molecule has 100 valence electrons. The van der Waals surface area contributed by atoms with Crippen molar-refractivity contribution in [2.45, 2.75) is 6.92 Å². The zero-order valence-corrected chi connectivity index (χ0v) is 11.9. The number of methoxy groups -OCH3 is 1. The number of rotatable bonds is 5. The highest BCUT2D eigenvalue weighted by Crippen LogP contribution is 2.29. The van der Waals surface area contributed by atoms with Crippen molar-refractivity contribution in [1.29, 1.82) is 0 Å². The number of hydrogen-bond donors (Lipinski definition) is 1. The third-order valence-corrected chi connectivity index (χ3v) is 3.35. The first-order chi connectivity index (χ1) is 8.51. The quantitative estimate of drug-likeness (QED) is 0.849. The number of amides is 1. The summed E-state index contributed by atoms with van der Waals surface area (Å²) in [4.78, 5) is 13.9. The second-order valence-electron chi connectivity index (χ2n) is 3.74. The number of nitrogens with two attached hydrogens (primary N) is 1. The Morgan fingerprint density at radius 1 is 1.44 bits per heavy atom. The Balaban J connectivity index is 2.95. The van der Waals surface area contributed by atoms with E-state index in [1.165, 1.54) is 12.1 Å². The summed E-state index contributed by atoms with van der Waals surface area (Å²) in [6, 6.07) is 3.06. The van der Waals surface area contributed by atoms with E-state index >= 15 is 0 Å². The van der Waals surface area contributed by atoms with E-state index < -0.39 is 0 Å². The molecule has 6 heteroatoms. The molecule has 0 spiro atoms. The van der Waals surface area contributed by atoms with Gasteiger partial charge in [0.1, 0.15) is 0 Å². The Hall–Kier alpha value is -0.970. The van der Waals surface area contributed by atoms with Crippen LogP contribution in [0.5, 0.6) is 0 Å². The van der Waals surface area contributed by atoms with Crippen LogP contribution in [0.4, 0.5) is 5.69 Å². The maximum absolute atomic E-state index is 12.2. The molecule has 1 aromatic rings. The first kappa shape index (κ1) is 15.1. The molecule has 0 heterocycles. The van der Waals surface area contributed by atoms with Crippen LogP contribution in [0.2, 0.25) is 10.0 Å². The molecule has 0 fully saturated rings. The number of hydrogen-bond acceptors (Lipinski definition) is 3. The van der Waals surface area contributed by atoms with Gasteiger partial charge in [-0.25, -0.2) is 0 Å². The third kappa shape index (κ3) is 3.51. The van der Waals surface area contributed by atoms with Gasteiger partial charge in [-0.3, -0.25) is 4.79 Å². The highest BCUT2D eigenvalue weighted by molar-refractivity contribution is 6.43. The fraction of sp³-hybridized carbons (Fsp3) is 0.417. The van der Waals surface area contributed by atoms with Gasteiger partial charge in [-0.15, -0.1) is 0 Å². The number of nitrogens with zero attached hydrogens (tertiary/aromatic N) is 1. The molecule has 4 nitrogen and oxygen atoms in total. The Morgan fingerprint density at radius 2 is 2.11 bits per heavy atom. The first-order valence-electron chi connectivity index (χ1n) is 5.54. The molecule has 0 aliphatic carbocycles. The van der Waals surface area contributed by atoms with Crippen LogP contribution < -0.4 is 5.73 Å². The number of anilines is 1. The highest BCUT2D eigenvalue weighted by Gasteiger charge is 2.16. The summed E-state index contributed by atoms with van der Waals surface area (Å²) < 4.78 is 4.96. The number of nitrogen functional groups attached to an aromatic ring is 1. The molecule has 0 bridgehead atoms. The Labute approximate surface area is 117 Å². The standard InChI is InChI=1S/C12H16Cl2N2O2/c1-3-16(4-5-18-2)12(17)8-6-9(13)11(14)10(15)7-8/h6-7H,3-5,15H2,1-2H3. The van der Waals surface area contributed by atoms with Crippen molar-refractivity contribution in [3.8, 4) is 0 Å². The van der Waals surface area contributed by atoms with E-state index in [-0.39, 0.29) is 16.0 Å². The lowest BCUT2D eigenvalue weighted by Crippen LogP contribution is -2.33. The van der Waals surface area contributed by atoms with E-state index in [9.17, 15) is 4.79 Å². The minimum absolute atomic E-state index is 0.139. The lowest BCUT2D eigenvalue weighted by Gasteiger charge is -2.21. The number of carbonyl (C=O) groups is 1. The maximum atomic E-state index is 12.2. The molecule has 0 saturated heterocycles. The summed E-state index contributed by atoms with van der Waals surface area (Å²) in [7, 11) is 1.59. The largest absolute Gasteiger partial charge is 0.397 e. The number of benzene rings is 1. The Morgan fingerprint density at radius 3 is 2.61 bits per heavy atom. The summed E-state index contributed by atoms with van der Waals surface area (Å²) >= 11 is 11.8. The number of halogens is 2. The average molecular weight is 291 g/mol. The van der Waals surface area contributed by atoms with E-state index in [1.807, 2.05) is 6.92 Å². The van der Waals surface area contributed by atoms with Crippen molar-refractivity contribution in [2.24, 2.45) is 0 Å². The molecule has 0 aromatic heterocycles. The lowest BCUT2D eigenvalue weighted by molar-refractivity contribution is 0.0706. The Kier molecular flexibility index (Phi) is 5.72. The molecule has 1 aromatic carbocycles. The topological polar surface area (TPSA) is 55.6 Å². The fourth-order valence-corrected chi connectivity index (χ4v) is 1.86. The zero-order valence-electron chi connectivity index (χ0n) is 10.4. The highest BCUT2D eigenvalue weighted by atomic mass is 35.5. The predicted octanol–water partition coefficient (Wildman–Crippen LogP) is 2.68. The van der Waals surface area contributed by atoms with Crippen molar-refractivity contribution in [3.63, 3.8) is 0 Å². The van der Waals surface area contributed by atoms with Crippen molar-refractivity contribution < 1.29 is 9.53 Å². The maximum Gasteiger partial charge on any atom is 0.254 e. The van der Waals surface area contributed by atoms with Crippen LogP contribution in [0.1, 0.15) is 17.3 Å². The van der Waals surface area contributed by atoms with Crippen molar-refractivity contribution in [3.05, 3.63) is 27.7 Å². The van der Waals surface area contributed by atoms with Gasteiger partial charge in [0.05, 0.1) is 22.3 Å². The minimum Gasteiger partial charge on any atom is -0.397 e. The second kappa shape index (κ2) is 6.83. The van der Waals surface area contributed by atoms with Crippen molar-refractivity contribution in [2.75, 3.05) is 32.5 Å². The zero-order chi connectivity index (χ0) is 13.7. The molecule has 0 aliphatic heterocycles. The summed E-state index contributed by atoms with van der Waals surface area (Å²) in [6.45, 7) is 3.49. The van der Waals surface area contributed by atoms with Crippen LogP contribution in [0.3, 0.4) is 0 Å². The number of likely N-dealkylation sites (N-methyl/N-ethyl adjacent to an activating group) is 1. The van der Waals surface area contributed by atoms with Gasteiger partial charge in [0.25, 0.3) is 5.91 Å². The normalized spacial score (nSPS) is 10.4. The van der Waals surface area contributed by atoms with Gasteiger partial charge < -0.3 is 15.4 Å². The van der Waals surface area contributed by atoms with Crippen LogP contribution in [0.15, 0.2) is 12.1 Å². The van der Waals surface area contributed by atoms with Crippen molar-refractivity contribution >= 4 is 34.8 Å². The van der Waals surface area contributed by atoms with Crippen LogP contribution in [0, 0.1) is 0 Å². The fourth-order valence-electron chi connectivity index (χ4n) is 1.52. The molecule has 1 amide bonds. The Bertz CT molecular complexity index is 415. The average Bonchev–Trinajstić information content (AvgIpc) is 2.36. The van der Waals surface area contributed by atoms with E-state index in [4.69, 9.17) is 33.7 Å². The molecule has 0 saturated carbocycles. The van der Waals surface area contributed by atoms with Gasteiger partial charge in [-0.2, -0.15) is 0 Å². The van der Waals surface area contributed by atoms with E-state index in [1.54, 1.807) is 12.0 Å². The summed E-state index contributed by atoms with van der Waals surface area (Å²) in [5.41, 5.74) is 6.42. The van der Waals surface area contributed by atoms with Crippen LogP contribution in [0.25, 0.3) is 0 Å². The van der Waals surface area contributed by atoms with Gasteiger partial charge in [0.15, 0.2) is 0 Å². The van der Waals surface area contributed by atoms with Crippen LogP contribution >= 0.6 is 23.2 Å². The summed E-state index contributed by atoms with van der Waals surface area (Å²) in [5, 5.41) is 0.552. The molecule has 1 rings (SSSR count). The lowest BCUT2D eigenvalue weighted by atomic mass is 10.1. The smallest absolute Gasteiger partial charge is 0.254 e. The van der Waals surface area contributed by atoms with Crippen LogP contribution in [-0.2, 0) is 4.74 Å². The SMILES string of the molecule is CCN(CCOC)C(=O)c1cc(N)c(Cl)c(Cl)c1. The molecule has 0 aliphatic rings. The molecule has 0 atom stereocenters. The predicted molar refractivity (Wildman–Crippen MR) is 74.3 cm³/mol. The summed E-state index contributed by atoms with van der Waals surface area (Å²) in [6.07, 6.45) is 0. The van der Waals surface area contributed by atoms with Gasteiger partial charge >= 0.3 is 0 Å².